The Morgan fingerprint density at radius 2 is 1.90 bits per heavy atom. The highest BCUT2D eigenvalue weighted by Gasteiger charge is 2.40. The average Bonchev–Trinajstić information content (AvgIpc) is 3.21. The molecule has 3 heterocycles. The molecule has 2 N–H and O–H groups in total. The third kappa shape index (κ3) is 6.36. The standard InChI is InChI=1S/C27H32ClFN4O5S/c1-26(2,3)17-12-20(15-7-8-18(28)19(29)11-15)31-21-13-22(38-23(17)21)24(34)33-10-9-16(14-27(33,4)5)30-25(35)32-39(6,36)37/h7-8,11-13,16H,9-10,14H2,1-6H3,(H2,30,32,35)/t16-/m0/s1. The quantitative estimate of drug-likeness (QED) is 0.437. The van der Waals surface area contributed by atoms with Crippen molar-refractivity contribution in [3.63, 3.8) is 0 Å². The van der Waals surface area contributed by atoms with Crippen molar-refractivity contribution in [2.24, 2.45) is 0 Å². The number of halogens is 2. The first-order chi connectivity index (χ1) is 17.9. The van der Waals surface area contributed by atoms with Gasteiger partial charge in [-0.05, 0) is 50.3 Å². The number of fused-ring (bicyclic) bond motifs is 1. The smallest absolute Gasteiger partial charge is 0.328 e. The maximum Gasteiger partial charge on any atom is 0.328 e. The Kier molecular flexibility index (Phi) is 7.46. The minimum atomic E-state index is -3.68. The van der Waals surface area contributed by atoms with Crippen molar-refractivity contribution in [2.45, 2.75) is 64.5 Å². The fourth-order valence-corrected chi connectivity index (χ4v) is 5.42. The van der Waals surface area contributed by atoms with Crippen LogP contribution in [0.5, 0.6) is 0 Å². The molecule has 1 aliphatic heterocycles. The van der Waals surface area contributed by atoms with Crippen LogP contribution >= 0.6 is 11.6 Å². The number of amides is 3. The number of nitrogens with zero attached hydrogens (tertiary/aromatic N) is 2. The first kappa shape index (κ1) is 28.8. The van der Waals surface area contributed by atoms with Crippen LogP contribution in [-0.4, -0.2) is 54.6 Å². The molecule has 1 aliphatic rings. The minimum Gasteiger partial charge on any atom is -0.449 e. The zero-order chi connectivity index (χ0) is 28.9. The lowest BCUT2D eigenvalue weighted by atomic mass is 9.86. The Balaban J connectivity index is 1.64. The van der Waals surface area contributed by atoms with Gasteiger partial charge in [-0.15, -0.1) is 0 Å². The molecule has 210 valence electrons. The third-order valence-electron chi connectivity index (χ3n) is 6.75. The summed E-state index contributed by atoms with van der Waals surface area (Å²) < 4.78 is 44.9. The molecule has 3 amide bonds. The lowest BCUT2D eigenvalue weighted by Crippen LogP contribution is -2.58. The van der Waals surface area contributed by atoms with Gasteiger partial charge >= 0.3 is 6.03 Å². The first-order valence-corrected chi connectivity index (χ1v) is 14.7. The van der Waals surface area contributed by atoms with Crippen LogP contribution in [0.15, 0.2) is 34.7 Å². The number of furan rings is 1. The van der Waals surface area contributed by atoms with Crippen molar-refractivity contribution in [1.29, 1.82) is 0 Å². The summed E-state index contributed by atoms with van der Waals surface area (Å²) >= 11 is 5.86. The summed E-state index contributed by atoms with van der Waals surface area (Å²) in [7, 11) is -3.68. The second kappa shape index (κ2) is 10.1. The largest absolute Gasteiger partial charge is 0.449 e. The van der Waals surface area contributed by atoms with Crippen molar-refractivity contribution in [1.82, 2.24) is 19.9 Å². The number of pyridine rings is 1. The molecule has 0 spiro atoms. The van der Waals surface area contributed by atoms with Gasteiger partial charge in [-0.3, -0.25) is 4.79 Å². The maximum absolute atomic E-state index is 14.2. The molecule has 1 aromatic carbocycles. The highest BCUT2D eigenvalue weighted by molar-refractivity contribution is 7.89. The fraction of sp³-hybridized carbons (Fsp3) is 0.444. The summed E-state index contributed by atoms with van der Waals surface area (Å²) in [6.45, 7) is 10.1. The number of carbonyl (C=O) groups excluding carboxylic acids is 2. The number of likely N-dealkylation sites (tertiary alicyclic amines) is 1. The van der Waals surface area contributed by atoms with Gasteiger partial charge in [0.1, 0.15) is 11.3 Å². The number of urea groups is 1. The monoisotopic (exact) mass is 578 g/mol. The number of aromatic nitrogens is 1. The molecule has 39 heavy (non-hydrogen) atoms. The lowest BCUT2D eigenvalue weighted by Gasteiger charge is -2.45. The van der Waals surface area contributed by atoms with E-state index in [0.29, 0.717) is 41.7 Å². The predicted octanol–water partition coefficient (Wildman–Crippen LogP) is 5.23. The normalized spacial score (nSPS) is 17.7. The summed E-state index contributed by atoms with van der Waals surface area (Å²) in [6, 6.07) is 6.81. The molecule has 4 rings (SSSR count). The van der Waals surface area contributed by atoms with Gasteiger partial charge in [0.2, 0.25) is 10.0 Å². The van der Waals surface area contributed by atoms with Crippen molar-refractivity contribution in [2.75, 3.05) is 12.8 Å². The molecule has 0 saturated carbocycles. The summed E-state index contributed by atoms with van der Waals surface area (Å²) in [5.41, 5.74) is 1.82. The van der Waals surface area contributed by atoms with Crippen LogP contribution in [0.2, 0.25) is 5.02 Å². The van der Waals surface area contributed by atoms with E-state index in [0.717, 1.165) is 11.8 Å². The molecule has 3 aromatic rings. The molecule has 12 heteroatoms. The molecule has 0 bridgehead atoms. The molecule has 1 atom stereocenters. The molecular weight excluding hydrogens is 547 g/mol. The molecule has 0 radical (unpaired) electrons. The molecule has 2 aromatic heterocycles. The van der Waals surface area contributed by atoms with Crippen LogP contribution in [0, 0.1) is 5.82 Å². The van der Waals surface area contributed by atoms with E-state index in [-0.39, 0.29) is 28.1 Å². The maximum atomic E-state index is 14.2. The number of rotatable bonds is 4. The highest BCUT2D eigenvalue weighted by atomic mass is 35.5. The van der Waals surface area contributed by atoms with Gasteiger partial charge in [-0.25, -0.2) is 27.3 Å². The van der Waals surface area contributed by atoms with E-state index in [1.54, 1.807) is 17.0 Å². The van der Waals surface area contributed by atoms with Crippen molar-refractivity contribution in [3.05, 3.63) is 52.5 Å². The average molecular weight is 579 g/mol. The van der Waals surface area contributed by atoms with Gasteiger partial charge in [-0.1, -0.05) is 38.4 Å². The number of hydrogen-bond acceptors (Lipinski definition) is 6. The number of piperidine rings is 1. The number of carbonyl (C=O) groups is 2. The molecule has 1 fully saturated rings. The van der Waals surface area contributed by atoms with Gasteiger partial charge in [0, 0.05) is 35.3 Å². The van der Waals surface area contributed by atoms with Gasteiger partial charge in [0.05, 0.1) is 17.0 Å². The third-order valence-corrected chi connectivity index (χ3v) is 7.61. The van der Waals surface area contributed by atoms with Gasteiger partial charge in [-0.2, -0.15) is 0 Å². The zero-order valence-corrected chi connectivity index (χ0v) is 24.3. The van der Waals surface area contributed by atoms with Crippen LogP contribution < -0.4 is 10.0 Å². The van der Waals surface area contributed by atoms with E-state index in [9.17, 15) is 22.4 Å². The SMILES string of the molecule is CC(C)(C)c1cc(-c2ccc(Cl)c(F)c2)nc2cc(C(=O)N3CC[C@H](NC(=O)NS(C)(=O)=O)CC3(C)C)oc12. The summed E-state index contributed by atoms with van der Waals surface area (Å²) in [4.78, 5) is 32.0. The van der Waals surface area contributed by atoms with E-state index in [1.807, 2.05) is 45.4 Å². The van der Waals surface area contributed by atoms with Gasteiger partial charge in [0.25, 0.3) is 5.91 Å². The van der Waals surface area contributed by atoms with Gasteiger partial charge < -0.3 is 14.6 Å². The van der Waals surface area contributed by atoms with Crippen LogP contribution in [-0.2, 0) is 15.4 Å². The van der Waals surface area contributed by atoms with E-state index < -0.39 is 27.4 Å². The van der Waals surface area contributed by atoms with Crippen LogP contribution in [0.1, 0.15) is 63.6 Å². The van der Waals surface area contributed by atoms with Gasteiger partial charge in [0.15, 0.2) is 11.3 Å². The summed E-state index contributed by atoms with van der Waals surface area (Å²) in [6.07, 6.45) is 1.75. The second-order valence-corrected chi connectivity index (χ2v) is 13.7. The topological polar surface area (TPSA) is 122 Å². The van der Waals surface area contributed by atoms with E-state index in [4.69, 9.17) is 16.0 Å². The van der Waals surface area contributed by atoms with Crippen LogP contribution in [0.25, 0.3) is 22.4 Å². The number of nitrogens with one attached hydrogen (secondary N) is 2. The fourth-order valence-electron chi connectivity index (χ4n) is 4.91. The predicted molar refractivity (Wildman–Crippen MR) is 148 cm³/mol. The molecule has 9 nitrogen and oxygen atoms in total. The molecule has 0 unspecified atom stereocenters. The molecule has 0 aliphatic carbocycles. The molecular formula is C27H32ClFN4O5S. The Morgan fingerprint density at radius 3 is 2.49 bits per heavy atom. The molecule has 1 saturated heterocycles. The van der Waals surface area contributed by atoms with Crippen molar-refractivity contribution >= 4 is 44.7 Å². The zero-order valence-electron chi connectivity index (χ0n) is 22.7. The lowest BCUT2D eigenvalue weighted by molar-refractivity contribution is 0.0352. The highest BCUT2D eigenvalue weighted by Crippen LogP contribution is 2.36. The van der Waals surface area contributed by atoms with E-state index >= 15 is 0 Å². The van der Waals surface area contributed by atoms with Crippen LogP contribution in [0.3, 0.4) is 0 Å². The Bertz CT molecular complexity index is 1560. The Morgan fingerprint density at radius 1 is 1.21 bits per heavy atom. The summed E-state index contributed by atoms with van der Waals surface area (Å²) in [5.74, 6) is -0.752. The number of benzene rings is 1. The van der Waals surface area contributed by atoms with Crippen LogP contribution in [0.4, 0.5) is 9.18 Å². The van der Waals surface area contributed by atoms with E-state index in [2.05, 4.69) is 10.3 Å². The summed E-state index contributed by atoms with van der Waals surface area (Å²) in [5, 5.41) is 2.69. The second-order valence-electron chi connectivity index (χ2n) is 11.6. The Hall–Kier alpha value is -3.18. The Labute approximate surface area is 232 Å². The minimum absolute atomic E-state index is 0.0182. The van der Waals surface area contributed by atoms with Crippen molar-refractivity contribution in [3.8, 4) is 11.3 Å². The van der Waals surface area contributed by atoms with Crippen molar-refractivity contribution < 1.29 is 26.8 Å². The first-order valence-electron chi connectivity index (χ1n) is 12.5. The number of sulfonamides is 1. The van der Waals surface area contributed by atoms with E-state index in [1.165, 1.54) is 12.1 Å². The number of hydrogen-bond donors (Lipinski definition) is 2.